The van der Waals surface area contributed by atoms with Crippen LogP contribution in [0.25, 0.3) is 0 Å². The predicted molar refractivity (Wildman–Crippen MR) is 88.5 cm³/mol. The molecule has 1 unspecified atom stereocenters. The van der Waals surface area contributed by atoms with Crippen molar-refractivity contribution in [2.75, 3.05) is 0 Å². The Morgan fingerprint density at radius 2 is 1.50 bits per heavy atom. The molecule has 0 bridgehead atoms. The molecule has 136 valence electrons. The first-order chi connectivity index (χ1) is 12.4. The molecule has 3 rings (SSSR count). The average molecular weight is 358 g/mol. The average Bonchev–Trinajstić information content (AvgIpc) is 3.33. The number of furan rings is 3. The van der Waals surface area contributed by atoms with Gasteiger partial charge in [0.25, 0.3) is 0 Å². The zero-order chi connectivity index (χ0) is 18.7. The van der Waals surface area contributed by atoms with Gasteiger partial charge in [-0.1, -0.05) is 0 Å². The van der Waals surface area contributed by atoms with E-state index in [1.54, 1.807) is 57.2 Å². The van der Waals surface area contributed by atoms with Crippen LogP contribution in [0.3, 0.4) is 0 Å². The molecule has 0 radical (unpaired) electrons. The third-order valence-corrected chi connectivity index (χ3v) is 3.60. The van der Waals surface area contributed by atoms with Gasteiger partial charge in [-0.05, 0) is 57.2 Å². The molecule has 0 amide bonds. The summed E-state index contributed by atoms with van der Waals surface area (Å²) < 4.78 is 26.4. The van der Waals surface area contributed by atoms with E-state index in [1.807, 2.05) is 0 Å². The number of hydrogen-bond donors (Lipinski definition) is 0. The Morgan fingerprint density at radius 1 is 0.885 bits per heavy atom. The normalized spacial score (nSPS) is 12.0. The lowest BCUT2D eigenvalue weighted by Gasteiger charge is -2.09. The molecule has 0 aliphatic rings. The van der Waals surface area contributed by atoms with Crippen molar-refractivity contribution in [2.24, 2.45) is 0 Å². The molecule has 0 fully saturated rings. The molecule has 0 N–H and O–H groups in total. The number of carbonyl (C=O) groups excluding carboxylic acids is 2. The Morgan fingerprint density at radius 3 is 2.08 bits per heavy atom. The molecule has 0 aliphatic carbocycles. The van der Waals surface area contributed by atoms with Crippen LogP contribution < -0.4 is 0 Å². The fourth-order valence-electron chi connectivity index (χ4n) is 2.26. The Labute approximate surface area is 149 Å². The zero-order valence-electron chi connectivity index (χ0n) is 14.6. The second kappa shape index (κ2) is 7.35. The summed E-state index contributed by atoms with van der Waals surface area (Å²) >= 11 is 0. The highest BCUT2D eigenvalue weighted by atomic mass is 16.6. The summed E-state index contributed by atoms with van der Waals surface area (Å²) in [4.78, 5) is 23.8. The van der Waals surface area contributed by atoms with Crippen molar-refractivity contribution >= 4 is 11.9 Å². The van der Waals surface area contributed by atoms with Crippen LogP contribution in [0, 0.1) is 13.8 Å². The first-order valence-electron chi connectivity index (χ1n) is 8.02. The van der Waals surface area contributed by atoms with E-state index in [2.05, 4.69) is 0 Å². The fourth-order valence-corrected chi connectivity index (χ4v) is 2.26. The van der Waals surface area contributed by atoms with E-state index in [-0.39, 0.29) is 18.1 Å². The predicted octanol–water partition coefficient (Wildman–Crippen LogP) is 4.36. The first kappa shape index (κ1) is 17.6. The van der Waals surface area contributed by atoms with E-state index >= 15 is 0 Å². The third-order valence-electron chi connectivity index (χ3n) is 3.60. The highest BCUT2D eigenvalue weighted by Gasteiger charge is 2.20. The van der Waals surface area contributed by atoms with E-state index in [4.69, 9.17) is 22.7 Å². The van der Waals surface area contributed by atoms with Crippen LogP contribution in [0.2, 0.25) is 0 Å². The molecule has 0 aliphatic heterocycles. The topological polar surface area (TPSA) is 92.0 Å². The number of esters is 2. The second-order valence-electron chi connectivity index (χ2n) is 5.75. The van der Waals surface area contributed by atoms with E-state index in [0.29, 0.717) is 23.0 Å². The number of rotatable bonds is 6. The van der Waals surface area contributed by atoms with Crippen molar-refractivity contribution in [3.8, 4) is 0 Å². The van der Waals surface area contributed by atoms with Gasteiger partial charge in [-0.3, -0.25) is 0 Å². The molecular weight excluding hydrogens is 340 g/mol. The molecular formula is C19H18O7. The minimum absolute atomic E-state index is 0.0589. The third kappa shape index (κ3) is 4.05. The van der Waals surface area contributed by atoms with E-state index < -0.39 is 18.0 Å². The highest BCUT2D eigenvalue weighted by molar-refractivity contribution is 5.86. The van der Waals surface area contributed by atoms with Gasteiger partial charge in [0.05, 0.1) is 0 Å². The molecule has 3 aromatic rings. The van der Waals surface area contributed by atoms with Crippen LogP contribution in [0.5, 0.6) is 0 Å². The van der Waals surface area contributed by atoms with Gasteiger partial charge in [-0.2, -0.15) is 0 Å². The Bertz CT molecular complexity index is 912. The Kier molecular flexibility index (Phi) is 4.97. The summed E-state index contributed by atoms with van der Waals surface area (Å²) in [6, 6.07) is 9.76. The van der Waals surface area contributed by atoms with Crippen LogP contribution >= 0.6 is 0 Å². The maximum absolute atomic E-state index is 12.0. The van der Waals surface area contributed by atoms with Crippen molar-refractivity contribution in [3.63, 3.8) is 0 Å². The van der Waals surface area contributed by atoms with E-state index in [0.717, 1.165) is 0 Å². The summed E-state index contributed by atoms with van der Waals surface area (Å²) in [7, 11) is 0. The number of carbonyl (C=O) groups is 2. The lowest BCUT2D eigenvalue weighted by atomic mass is 10.3. The van der Waals surface area contributed by atoms with Crippen molar-refractivity contribution in [2.45, 2.75) is 33.5 Å². The molecule has 7 heteroatoms. The summed E-state index contributed by atoms with van der Waals surface area (Å²) in [5.74, 6) is 1.20. The van der Waals surface area contributed by atoms with Crippen molar-refractivity contribution in [1.82, 2.24) is 0 Å². The summed E-state index contributed by atoms with van der Waals surface area (Å²) in [5.41, 5.74) is 0. The number of ether oxygens (including phenoxy) is 2. The molecule has 0 spiro atoms. The maximum Gasteiger partial charge on any atom is 0.374 e. The maximum atomic E-state index is 12.0. The molecule has 26 heavy (non-hydrogen) atoms. The van der Waals surface area contributed by atoms with Gasteiger partial charge in [0, 0.05) is 0 Å². The molecule has 0 aromatic carbocycles. The number of hydrogen-bond acceptors (Lipinski definition) is 7. The molecule has 3 heterocycles. The quantitative estimate of drug-likeness (QED) is 0.605. The standard InChI is InChI=1S/C19H18O7/c1-11-4-7-16(23-11)18(20)22-10-14-6-9-15(26-14)13(3)25-19(21)17-8-5-12(2)24-17/h4-9,13H,10H2,1-3H3. The van der Waals surface area contributed by atoms with Gasteiger partial charge < -0.3 is 22.7 Å². The van der Waals surface area contributed by atoms with E-state index in [9.17, 15) is 9.59 Å². The highest BCUT2D eigenvalue weighted by Crippen LogP contribution is 2.22. The van der Waals surface area contributed by atoms with Gasteiger partial charge in [0.2, 0.25) is 11.5 Å². The monoisotopic (exact) mass is 358 g/mol. The minimum Gasteiger partial charge on any atom is -0.458 e. The molecule has 1 atom stereocenters. The minimum atomic E-state index is -0.620. The SMILES string of the molecule is Cc1ccc(C(=O)OCc2ccc(C(C)OC(=O)c3ccc(C)o3)o2)o1. The second-order valence-corrected chi connectivity index (χ2v) is 5.75. The van der Waals surface area contributed by atoms with Crippen molar-refractivity contribution in [1.29, 1.82) is 0 Å². The molecule has 0 saturated heterocycles. The van der Waals surface area contributed by atoms with Gasteiger partial charge in [-0.25, -0.2) is 9.59 Å². The van der Waals surface area contributed by atoms with Gasteiger partial charge in [0.1, 0.15) is 29.6 Å². The molecule has 7 nitrogen and oxygen atoms in total. The van der Waals surface area contributed by atoms with Crippen LogP contribution in [0.1, 0.15) is 57.2 Å². The van der Waals surface area contributed by atoms with Crippen molar-refractivity contribution < 1.29 is 32.3 Å². The first-order valence-corrected chi connectivity index (χ1v) is 8.02. The zero-order valence-corrected chi connectivity index (χ0v) is 14.6. The summed E-state index contributed by atoms with van der Waals surface area (Å²) in [5, 5.41) is 0. The lowest BCUT2D eigenvalue weighted by molar-refractivity contribution is 0.0243. The van der Waals surface area contributed by atoms with Crippen LogP contribution in [0.4, 0.5) is 0 Å². The van der Waals surface area contributed by atoms with Gasteiger partial charge in [-0.15, -0.1) is 0 Å². The summed E-state index contributed by atoms with van der Waals surface area (Å²) in [6.07, 6.45) is -0.620. The lowest BCUT2D eigenvalue weighted by Crippen LogP contribution is -2.08. The van der Waals surface area contributed by atoms with Gasteiger partial charge >= 0.3 is 11.9 Å². The fraction of sp³-hybridized carbons (Fsp3) is 0.263. The largest absolute Gasteiger partial charge is 0.458 e. The number of aryl methyl sites for hydroxylation is 2. The molecule has 3 aromatic heterocycles. The smallest absolute Gasteiger partial charge is 0.374 e. The van der Waals surface area contributed by atoms with Crippen LogP contribution in [-0.4, -0.2) is 11.9 Å². The summed E-state index contributed by atoms with van der Waals surface area (Å²) in [6.45, 7) is 5.09. The molecule has 0 saturated carbocycles. The van der Waals surface area contributed by atoms with Crippen LogP contribution in [-0.2, 0) is 16.1 Å². The van der Waals surface area contributed by atoms with Crippen LogP contribution in [0.15, 0.2) is 49.6 Å². The Balaban J connectivity index is 1.55. The van der Waals surface area contributed by atoms with E-state index in [1.165, 1.54) is 0 Å². The Hall–Kier alpha value is -3.22. The van der Waals surface area contributed by atoms with Crippen molar-refractivity contribution in [3.05, 3.63) is 71.0 Å². The van der Waals surface area contributed by atoms with Gasteiger partial charge in [0.15, 0.2) is 6.10 Å².